The second-order valence-electron chi connectivity index (χ2n) is 5.77. The molecule has 142 valence electrons. The molecule has 2 N–H and O–H groups in total. The fourth-order valence-electron chi connectivity index (χ4n) is 2.44. The molecule has 24 heavy (non-hydrogen) atoms. The van der Waals surface area contributed by atoms with E-state index in [-0.39, 0.29) is 30.1 Å². The zero-order chi connectivity index (χ0) is 17.3. The monoisotopic (exact) mass is 456 g/mol. The number of nitrogens with one attached hydrogen (secondary N) is 1. The molecule has 0 spiro atoms. The molecule has 0 aromatic rings. The average Bonchev–Trinajstić information content (AvgIpc) is 2.58. The molecule has 1 aliphatic rings. The maximum atomic E-state index is 11.7. The Labute approximate surface area is 162 Å². The molecule has 7 nitrogen and oxygen atoms in total. The van der Waals surface area contributed by atoms with Crippen LogP contribution in [0, 0.1) is 0 Å². The Bertz CT molecular complexity index is 395. The number of carbonyl (C=O) groups is 1. The van der Waals surface area contributed by atoms with Crippen LogP contribution in [0.1, 0.15) is 40.5 Å². The van der Waals surface area contributed by atoms with Crippen LogP contribution in [0.2, 0.25) is 0 Å². The van der Waals surface area contributed by atoms with Crippen LogP contribution in [0.5, 0.6) is 0 Å². The maximum Gasteiger partial charge on any atom is 0.409 e. The minimum Gasteiger partial charge on any atom is -0.450 e. The number of rotatable bonds is 6. The number of hydrogen-bond acceptors (Lipinski definition) is 4. The van der Waals surface area contributed by atoms with Crippen molar-refractivity contribution in [1.29, 1.82) is 0 Å². The molecule has 0 aromatic heterocycles. The van der Waals surface area contributed by atoms with E-state index in [2.05, 4.69) is 15.2 Å². The van der Waals surface area contributed by atoms with Gasteiger partial charge in [0.25, 0.3) is 0 Å². The largest absolute Gasteiger partial charge is 0.450 e. The summed E-state index contributed by atoms with van der Waals surface area (Å²) in [6.07, 6.45) is 1.12. The lowest BCUT2D eigenvalue weighted by Gasteiger charge is -2.36. The predicted molar refractivity (Wildman–Crippen MR) is 107 cm³/mol. The first-order valence-corrected chi connectivity index (χ1v) is 8.67. The van der Waals surface area contributed by atoms with Gasteiger partial charge in [0.05, 0.1) is 18.8 Å². The fourth-order valence-corrected chi connectivity index (χ4v) is 2.44. The molecule has 0 atom stereocenters. The maximum absolute atomic E-state index is 11.7. The van der Waals surface area contributed by atoms with Gasteiger partial charge in [-0.15, -0.1) is 24.0 Å². The van der Waals surface area contributed by atoms with Crippen molar-refractivity contribution < 1.29 is 14.6 Å². The Balaban J connectivity index is 0.00000529. The number of guanidine groups is 1. The molecule has 1 fully saturated rings. The topological polar surface area (TPSA) is 77.4 Å². The molecule has 0 aliphatic carbocycles. The number of ether oxygens (including phenoxy) is 1. The molecule has 8 heteroatoms. The standard InChI is InChI=1S/C16H32N4O3.HI/c1-5-16(22,6-2)13-18-14(17-7-3)19-9-11-20(12-10-19)15(21)23-8-4;/h22H,5-13H2,1-4H3,(H,17,18);1H. The third-order valence-corrected chi connectivity index (χ3v) is 4.28. The highest BCUT2D eigenvalue weighted by Gasteiger charge is 2.25. The van der Waals surface area contributed by atoms with Crippen molar-refractivity contribution in [1.82, 2.24) is 15.1 Å². The van der Waals surface area contributed by atoms with Gasteiger partial charge >= 0.3 is 6.09 Å². The van der Waals surface area contributed by atoms with E-state index in [0.29, 0.717) is 52.2 Å². The van der Waals surface area contributed by atoms with E-state index in [1.54, 1.807) is 4.90 Å². The number of amides is 1. The van der Waals surface area contributed by atoms with Crippen LogP contribution in [0.3, 0.4) is 0 Å². The predicted octanol–water partition coefficient (Wildman–Crippen LogP) is 1.90. The molecule has 0 saturated carbocycles. The lowest BCUT2D eigenvalue weighted by atomic mass is 9.98. The first-order chi connectivity index (χ1) is 11.0. The highest BCUT2D eigenvalue weighted by atomic mass is 127. The van der Waals surface area contributed by atoms with Crippen molar-refractivity contribution in [2.24, 2.45) is 4.99 Å². The lowest BCUT2D eigenvalue weighted by Crippen LogP contribution is -2.54. The summed E-state index contributed by atoms with van der Waals surface area (Å²) in [5.74, 6) is 0.802. The normalized spacial score (nSPS) is 15.8. The van der Waals surface area contributed by atoms with Crippen molar-refractivity contribution in [2.45, 2.75) is 46.1 Å². The van der Waals surface area contributed by atoms with E-state index in [0.717, 1.165) is 12.5 Å². The summed E-state index contributed by atoms with van der Waals surface area (Å²) in [4.78, 5) is 20.2. The van der Waals surface area contributed by atoms with Gasteiger partial charge in [0.15, 0.2) is 5.96 Å². The van der Waals surface area contributed by atoms with Crippen LogP contribution in [-0.4, -0.2) is 78.4 Å². The number of piperazine rings is 1. The summed E-state index contributed by atoms with van der Waals surface area (Å²) < 4.78 is 5.04. The van der Waals surface area contributed by atoms with Crippen LogP contribution in [0.4, 0.5) is 4.79 Å². The summed E-state index contributed by atoms with van der Waals surface area (Å²) in [6.45, 7) is 12.0. The Morgan fingerprint density at radius 2 is 1.67 bits per heavy atom. The zero-order valence-electron chi connectivity index (χ0n) is 15.4. The highest BCUT2D eigenvalue weighted by Crippen LogP contribution is 2.15. The molecule has 1 amide bonds. The second-order valence-corrected chi connectivity index (χ2v) is 5.77. The molecular formula is C16H33IN4O3. The van der Waals surface area contributed by atoms with E-state index in [9.17, 15) is 9.90 Å². The van der Waals surface area contributed by atoms with Crippen LogP contribution in [0.25, 0.3) is 0 Å². The van der Waals surface area contributed by atoms with Gasteiger partial charge in [-0.25, -0.2) is 4.79 Å². The summed E-state index contributed by atoms with van der Waals surface area (Å²) in [5.41, 5.74) is -0.743. The average molecular weight is 456 g/mol. The van der Waals surface area contributed by atoms with E-state index >= 15 is 0 Å². The minimum absolute atomic E-state index is 0. The molecule has 1 rings (SSSR count). The minimum atomic E-state index is -0.743. The summed E-state index contributed by atoms with van der Waals surface area (Å²) in [6, 6.07) is 0. The van der Waals surface area contributed by atoms with E-state index < -0.39 is 5.60 Å². The van der Waals surface area contributed by atoms with Gasteiger partial charge in [-0.1, -0.05) is 13.8 Å². The Hall–Kier alpha value is -0.770. The fraction of sp³-hybridized carbons (Fsp3) is 0.875. The number of aliphatic hydroxyl groups is 1. The number of aliphatic imine (C=N–C) groups is 1. The lowest BCUT2D eigenvalue weighted by molar-refractivity contribution is 0.0414. The number of carbonyl (C=O) groups excluding carboxylic acids is 1. The Morgan fingerprint density at radius 1 is 1.12 bits per heavy atom. The summed E-state index contributed by atoms with van der Waals surface area (Å²) >= 11 is 0. The number of nitrogens with zero attached hydrogens (tertiary/aromatic N) is 3. The van der Waals surface area contributed by atoms with Crippen molar-refractivity contribution >= 4 is 36.0 Å². The van der Waals surface area contributed by atoms with Gasteiger partial charge in [-0.05, 0) is 26.7 Å². The molecular weight excluding hydrogens is 423 g/mol. The molecule has 0 aromatic carbocycles. The van der Waals surface area contributed by atoms with Gasteiger partial charge in [0.1, 0.15) is 0 Å². The van der Waals surface area contributed by atoms with Crippen LogP contribution < -0.4 is 5.32 Å². The van der Waals surface area contributed by atoms with Crippen LogP contribution >= 0.6 is 24.0 Å². The van der Waals surface area contributed by atoms with Gasteiger partial charge in [-0.3, -0.25) is 4.99 Å². The first kappa shape index (κ1) is 23.2. The van der Waals surface area contributed by atoms with Crippen molar-refractivity contribution in [3.05, 3.63) is 0 Å². The Morgan fingerprint density at radius 3 is 2.12 bits per heavy atom. The first-order valence-electron chi connectivity index (χ1n) is 8.67. The number of halogens is 1. The molecule has 1 heterocycles. The quantitative estimate of drug-likeness (QED) is 0.363. The molecule has 1 aliphatic heterocycles. The van der Waals surface area contributed by atoms with Gasteiger partial charge in [0.2, 0.25) is 0 Å². The highest BCUT2D eigenvalue weighted by molar-refractivity contribution is 14.0. The van der Waals surface area contributed by atoms with Gasteiger partial charge < -0.3 is 25.0 Å². The smallest absolute Gasteiger partial charge is 0.409 e. The third-order valence-electron chi connectivity index (χ3n) is 4.28. The van der Waals surface area contributed by atoms with Crippen molar-refractivity contribution in [2.75, 3.05) is 45.9 Å². The molecule has 0 unspecified atom stereocenters. The van der Waals surface area contributed by atoms with Gasteiger partial charge in [0, 0.05) is 32.7 Å². The van der Waals surface area contributed by atoms with Crippen molar-refractivity contribution in [3.8, 4) is 0 Å². The van der Waals surface area contributed by atoms with Gasteiger partial charge in [-0.2, -0.15) is 0 Å². The van der Waals surface area contributed by atoms with E-state index in [4.69, 9.17) is 4.74 Å². The zero-order valence-corrected chi connectivity index (χ0v) is 17.7. The third kappa shape index (κ3) is 7.00. The van der Waals surface area contributed by atoms with Crippen LogP contribution in [-0.2, 0) is 4.74 Å². The van der Waals surface area contributed by atoms with E-state index in [1.807, 2.05) is 27.7 Å². The van der Waals surface area contributed by atoms with Crippen LogP contribution in [0.15, 0.2) is 4.99 Å². The Kier molecular flexibility index (Phi) is 11.4. The van der Waals surface area contributed by atoms with E-state index in [1.165, 1.54) is 0 Å². The molecule has 0 bridgehead atoms. The molecule has 1 saturated heterocycles. The van der Waals surface area contributed by atoms with Crippen molar-refractivity contribution in [3.63, 3.8) is 0 Å². The summed E-state index contributed by atoms with van der Waals surface area (Å²) in [7, 11) is 0. The molecule has 0 radical (unpaired) electrons. The number of hydrogen-bond donors (Lipinski definition) is 2. The SMILES string of the molecule is CCNC(=NCC(O)(CC)CC)N1CCN(C(=O)OCC)CC1.I. The second kappa shape index (κ2) is 11.7. The summed E-state index contributed by atoms with van der Waals surface area (Å²) in [5, 5.41) is 13.7.